The van der Waals surface area contributed by atoms with E-state index in [1.807, 2.05) is 36.9 Å². The van der Waals surface area contributed by atoms with E-state index >= 15 is 0 Å². The number of aryl methyl sites for hydroxylation is 2. The van der Waals surface area contributed by atoms with Crippen LogP contribution in [0, 0.1) is 13.8 Å². The number of carbonyl (C=O) groups excluding carboxylic acids is 2. The molecule has 0 atom stereocenters. The first kappa shape index (κ1) is 20.4. The van der Waals surface area contributed by atoms with E-state index < -0.39 is 0 Å². The summed E-state index contributed by atoms with van der Waals surface area (Å²) in [6.07, 6.45) is 6.86. The van der Waals surface area contributed by atoms with E-state index in [-0.39, 0.29) is 11.8 Å². The molecule has 1 aromatic heterocycles. The van der Waals surface area contributed by atoms with E-state index in [1.165, 1.54) is 12.8 Å². The Hall–Kier alpha value is -2.89. The van der Waals surface area contributed by atoms with Gasteiger partial charge in [-0.05, 0) is 51.7 Å². The van der Waals surface area contributed by atoms with Crippen LogP contribution in [-0.2, 0) is 6.42 Å². The molecule has 0 spiro atoms. The summed E-state index contributed by atoms with van der Waals surface area (Å²) < 4.78 is 6.05. The molecule has 0 unspecified atom stereocenters. The number of hydrazone groups is 1. The summed E-state index contributed by atoms with van der Waals surface area (Å²) >= 11 is 0. The van der Waals surface area contributed by atoms with Crippen molar-refractivity contribution in [2.45, 2.75) is 58.8 Å². The summed E-state index contributed by atoms with van der Waals surface area (Å²) in [5, 5.41) is 4.42. The average molecular weight is 408 g/mol. The molecular weight excluding hydrogens is 378 g/mol. The van der Waals surface area contributed by atoms with Gasteiger partial charge in [-0.3, -0.25) is 9.59 Å². The summed E-state index contributed by atoms with van der Waals surface area (Å²) in [6, 6.07) is 7.42. The van der Waals surface area contributed by atoms with Crippen LogP contribution >= 0.6 is 0 Å². The summed E-state index contributed by atoms with van der Waals surface area (Å²) in [7, 11) is 0. The lowest BCUT2D eigenvalue weighted by atomic mass is 9.93. The molecule has 1 aliphatic heterocycles. The van der Waals surface area contributed by atoms with Gasteiger partial charge in [-0.15, -0.1) is 0 Å². The SMILES string of the molecule is Cc1cccc(C(=O)N/N=C2\CCCc3oc(C(=O)N4CCCCCC4)c(C)c32)c1. The highest BCUT2D eigenvalue weighted by Crippen LogP contribution is 2.31. The number of nitrogens with zero attached hydrogens (tertiary/aromatic N) is 2. The highest BCUT2D eigenvalue weighted by Gasteiger charge is 2.30. The molecule has 2 heterocycles. The van der Waals surface area contributed by atoms with Gasteiger partial charge in [0.25, 0.3) is 11.8 Å². The zero-order valence-corrected chi connectivity index (χ0v) is 17.8. The molecule has 2 amide bonds. The van der Waals surface area contributed by atoms with Crippen LogP contribution in [0.15, 0.2) is 33.8 Å². The number of likely N-dealkylation sites (tertiary alicyclic amines) is 1. The first-order valence-electron chi connectivity index (χ1n) is 10.9. The Balaban J connectivity index is 1.57. The second-order valence-corrected chi connectivity index (χ2v) is 8.28. The molecule has 1 fully saturated rings. The second-order valence-electron chi connectivity index (χ2n) is 8.28. The maximum atomic E-state index is 13.1. The van der Waals surface area contributed by atoms with E-state index in [9.17, 15) is 9.59 Å². The highest BCUT2D eigenvalue weighted by molar-refractivity contribution is 6.07. The number of carbonyl (C=O) groups is 2. The quantitative estimate of drug-likeness (QED) is 0.767. The van der Waals surface area contributed by atoms with Gasteiger partial charge in [0, 0.05) is 36.2 Å². The highest BCUT2D eigenvalue weighted by atomic mass is 16.4. The second kappa shape index (κ2) is 8.86. The van der Waals surface area contributed by atoms with Gasteiger partial charge >= 0.3 is 0 Å². The lowest BCUT2D eigenvalue weighted by Crippen LogP contribution is -2.32. The Bertz CT molecular complexity index is 982. The monoisotopic (exact) mass is 407 g/mol. The first-order chi connectivity index (χ1) is 14.5. The number of fused-ring (bicyclic) bond motifs is 1. The molecule has 1 aliphatic carbocycles. The van der Waals surface area contributed by atoms with Crippen LogP contribution in [0.3, 0.4) is 0 Å². The lowest BCUT2D eigenvalue weighted by molar-refractivity contribution is 0.0726. The van der Waals surface area contributed by atoms with Crippen molar-refractivity contribution in [3.63, 3.8) is 0 Å². The third-order valence-corrected chi connectivity index (χ3v) is 5.99. The summed E-state index contributed by atoms with van der Waals surface area (Å²) in [4.78, 5) is 27.5. The minimum absolute atomic E-state index is 0.0213. The number of benzene rings is 1. The Labute approximate surface area is 177 Å². The normalized spacial score (nSPS) is 18.1. The minimum atomic E-state index is -0.236. The number of hydrogen-bond donors (Lipinski definition) is 1. The average Bonchev–Trinajstić information content (AvgIpc) is 2.92. The lowest BCUT2D eigenvalue weighted by Gasteiger charge is -2.19. The van der Waals surface area contributed by atoms with Crippen molar-refractivity contribution in [1.29, 1.82) is 0 Å². The van der Waals surface area contributed by atoms with Crippen molar-refractivity contribution < 1.29 is 14.0 Å². The van der Waals surface area contributed by atoms with Gasteiger partial charge in [-0.1, -0.05) is 30.5 Å². The third-order valence-electron chi connectivity index (χ3n) is 5.99. The Morgan fingerprint density at radius 3 is 2.53 bits per heavy atom. The van der Waals surface area contributed by atoms with Crippen molar-refractivity contribution in [2.24, 2.45) is 5.10 Å². The van der Waals surface area contributed by atoms with Crippen molar-refractivity contribution in [3.8, 4) is 0 Å². The van der Waals surface area contributed by atoms with Crippen molar-refractivity contribution in [3.05, 3.63) is 58.0 Å². The van der Waals surface area contributed by atoms with Crippen molar-refractivity contribution >= 4 is 17.5 Å². The largest absolute Gasteiger partial charge is 0.455 e. The number of furan rings is 1. The van der Waals surface area contributed by atoms with E-state index in [1.54, 1.807) is 6.07 Å². The molecule has 0 bridgehead atoms. The molecule has 0 saturated carbocycles. The minimum Gasteiger partial charge on any atom is -0.455 e. The Kier molecular flexibility index (Phi) is 6.02. The van der Waals surface area contributed by atoms with E-state index in [0.717, 1.165) is 73.4 Å². The molecule has 0 radical (unpaired) electrons. The van der Waals surface area contributed by atoms with Crippen LogP contribution in [0.1, 0.15) is 81.9 Å². The van der Waals surface area contributed by atoms with E-state index in [2.05, 4.69) is 10.5 Å². The molecule has 1 N–H and O–H groups in total. The van der Waals surface area contributed by atoms with Crippen molar-refractivity contribution in [2.75, 3.05) is 13.1 Å². The van der Waals surface area contributed by atoms with Crippen LogP contribution in [0.2, 0.25) is 0 Å². The summed E-state index contributed by atoms with van der Waals surface area (Å²) in [5.41, 5.74) is 6.81. The predicted octanol–water partition coefficient (Wildman–Crippen LogP) is 4.38. The maximum absolute atomic E-state index is 13.1. The standard InChI is InChI=1S/C24H29N3O3/c1-16-9-7-10-18(15-16)23(28)26-25-19-11-8-12-20-21(19)17(2)22(30-20)24(29)27-13-5-3-4-6-14-27/h7,9-10,15H,3-6,8,11-14H2,1-2H3,(H,26,28)/b25-19+. The maximum Gasteiger partial charge on any atom is 0.289 e. The van der Waals surface area contributed by atoms with Crippen LogP contribution in [0.5, 0.6) is 0 Å². The molecule has 2 aliphatic rings. The molecule has 6 nitrogen and oxygen atoms in total. The fraction of sp³-hybridized carbons (Fsp3) is 0.458. The van der Waals surface area contributed by atoms with Gasteiger partial charge in [0.2, 0.25) is 0 Å². The van der Waals surface area contributed by atoms with Crippen molar-refractivity contribution in [1.82, 2.24) is 10.3 Å². The fourth-order valence-corrected chi connectivity index (χ4v) is 4.37. The van der Waals surface area contributed by atoms with Gasteiger partial charge in [0.1, 0.15) is 5.76 Å². The Morgan fingerprint density at radius 2 is 1.80 bits per heavy atom. The molecule has 6 heteroatoms. The van der Waals surface area contributed by atoms with Crippen LogP contribution in [-0.4, -0.2) is 35.5 Å². The zero-order chi connectivity index (χ0) is 21.1. The Morgan fingerprint density at radius 1 is 1.03 bits per heavy atom. The molecule has 158 valence electrons. The van der Waals surface area contributed by atoms with Gasteiger partial charge in [0.15, 0.2) is 5.76 Å². The number of amides is 2. The van der Waals surface area contributed by atoms with E-state index in [4.69, 9.17) is 4.42 Å². The number of hydrogen-bond acceptors (Lipinski definition) is 4. The van der Waals surface area contributed by atoms with Gasteiger partial charge in [-0.2, -0.15) is 5.10 Å². The molecule has 4 rings (SSSR count). The zero-order valence-electron chi connectivity index (χ0n) is 17.8. The number of rotatable bonds is 3. The number of nitrogens with one attached hydrogen (secondary N) is 1. The molecular formula is C24H29N3O3. The van der Waals surface area contributed by atoms with Crippen LogP contribution in [0.4, 0.5) is 0 Å². The van der Waals surface area contributed by atoms with Gasteiger partial charge < -0.3 is 9.32 Å². The van der Waals surface area contributed by atoms with Crippen LogP contribution < -0.4 is 5.43 Å². The smallest absolute Gasteiger partial charge is 0.289 e. The molecule has 1 aromatic carbocycles. The predicted molar refractivity (Wildman–Crippen MR) is 116 cm³/mol. The van der Waals surface area contributed by atoms with Gasteiger partial charge in [0.05, 0.1) is 5.71 Å². The third kappa shape index (κ3) is 4.18. The molecule has 2 aromatic rings. The van der Waals surface area contributed by atoms with E-state index in [0.29, 0.717) is 11.3 Å². The van der Waals surface area contributed by atoms with Gasteiger partial charge in [-0.25, -0.2) is 5.43 Å². The molecule has 30 heavy (non-hydrogen) atoms. The fourth-order valence-electron chi connectivity index (χ4n) is 4.37. The topological polar surface area (TPSA) is 74.9 Å². The molecule has 1 saturated heterocycles. The summed E-state index contributed by atoms with van der Waals surface area (Å²) in [6.45, 7) is 5.46. The summed E-state index contributed by atoms with van der Waals surface area (Å²) in [5.74, 6) is 0.981. The van der Waals surface area contributed by atoms with Crippen LogP contribution in [0.25, 0.3) is 0 Å². The first-order valence-corrected chi connectivity index (χ1v) is 10.9.